The first-order chi connectivity index (χ1) is 11.9. The number of nitrogens with one attached hydrogen (secondary N) is 1. The Labute approximate surface area is 152 Å². The number of anilines is 1. The topological polar surface area (TPSA) is 99.3 Å². The molecule has 0 radical (unpaired) electrons. The lowest BCUT2D eigenvalue weighted by Gasteiger charge is -2.37. The molecule has 7 nitrogen and oxygen atoms in total. The van der Waals surface area contributed by atoms with Crippen LogP contribution in [-0.4, -0.2) is 10.8 Å². The highest BCUT2D eigenvalue weighted by Gasteiger charge is 2.35. The van der Waals surface area contributed by atoms with Crippen LogP contribution in [0.4, 0.5) is 10.7 Å². The van der Waals surface area contributed by atoms with Gasteiger partial charge in [0.05, 0.1) is 14.8 Å². The van der Waals surface area contributed by atoms with Crippen molar-refractivity contribution < 1.29 is 9.72 Å². The summed E-state index contributed by atoms with van der Waals surface area (Å²) < 4.78 is 0. The quantitative estimate of drug-likeness (QED) is 0.489. The van der Waals surface area contributed by atoms with Gasteiger partial charge >= 0.3 is 5.00 Å². The number of nitro groups is 1. The van der Waals surface area contributed by atoms with Gasteiger partial charge in [-0.3, -0.25) is 14.9 Å². The molecule has 0 saturated carbocycles. The Morgan fingerprint density at radius 3 is 2.68 bits per heavy atom. The second kappa shape index (κ2) is 6.58. The highest BCUT2D eigenvalue weighted by atomic mass is 32.1. The van der Waals surface area contributed by atoms with Crippen LogP contribution in [0.5, 0.6) is 0 Å². The summed E-state index contributed by atoms with van der Waals surface area (Å²) in [6.07, 6.45) is -0.683. The van der Waals surface area contributed by atoms with E-state index in [1.807, 2.05) is 37.3 Å². The zero-order chi connectivity index (χ0) is 18.1. The molecule has 0 aliphatic carbocycles. The SMILES string of the molecule is Cc1ccccc1N1C(S)=C(C#N)C(=O)NC1c1ccc([N+](=O)[O-])s1. The van der Waals surface area contributed by atoms with Crippen molar-refractivity contribution in [2.75, 3.05) is 4.90 Å². The number of hydrogen-bond donors (Lipinski definition) is 2. The predicted molar refractivity (Wildman–Crippen MR) is 97.1 cm³/mol. The second-order valence-corrected chi connectivity index (χ2v) is 6.79. The van der Waals surface area contributed by atoms with E-state index in [4.69, 9.17) is 0 Å². The normalized spacial score (nSPS) is 17.2. The van der Waals surface area contributed by atoms with Gasteiger partial charge in [0, 0.05) is 11.8 Å². The Balaban J connectivity index is 2.17. The molecule has 1 atom stereocenters. The molecule has 9 heteroatoms. The maximum atomic E-state index is 12.2. The Morgan fingerprint density at radius 2 is 2.08 bits per heavy atom. The van der Waals surface area contributed by atoms with Gasteiger partial charge in [-0.15, -0.1) is 12.6 Å². The smallest absolute Gasteiger partial charge is 0.324 e. The molecule has 1 aromatic heterocycles. The number of rotatable bonds is 3. The number of carbonyl (C=O) groups excluding carboxylic acids is 1. The molecule has 0 spiro atoms. The van der Waals surface area contributed by atoms with Crippen molar-refractivity contribution >= 4 is 40.6 Å². The van der Waals surface area contributed by atoms with E-state index in [0.29, 0.717) is 4.88 Å². The molecule has 1 unspecified atom stereocenters. The summed E-state index contributed by atoms with van der Waals surface area (Å²) in [5.41, 5.74) is 1.56. The number of carbonyl (C=O) groups is 1. The summed E-state index contributed by atoms with van der Waals surface area (Å²) in [6.45, 7) is 1.90. The maximum Gasteiger partial charge on any atom is 0.324 e. The van der Waals surface area contributed by atoms with Gasteiger partial charge in [-0.05, 0) is 24.6 Å². The van der Waals surface area contributed by atoms with Gasteiger partial charge in [-0.1, -0.05) is 29.5 Å². The number of nitriles is 1. The lowest BCUT2D eigenvalue weighted by molar-refractivity contribution is -0.380. The largest absolute Gasteiger partial charge is 0.326 e. The van der Waals surface area contributed by atoms with Crippen molar-refractivity contribution in [1.29, 1.82) is 5.26 Å². The van der Waals surface area contributed by atoms with Crippen molar-refractivity contribution in [3.8, 4) is 6.07 Å². The average Bonchev–Trinajstić information content (AvgIpc) is 3.06. The number of amides is 1. The highest BCUT2D eigenvalue weighted by molar-refractivity contribution is 7.84. The van der Waals surface area contributed by atoms with Crippen molar-refractivity contribution in [2.45, 2.75) is 13.1 Å². The van der Waals surface area contributed by atoms with Crippen LogP contribution in [0.25, 0.3) is 0 Å². The summed E-state index contributed by atoms with van der Waals surface area (Å²) in [5.74, 6) is -0.557. The fourth-order valence-electron chi connectivity index (χ4n) is 2.58. The van der Waals surface area contributed by atoms with Gasteiger partial charge in [-0.2, -0.15) is 5.26 Å². The van der Waals surface area contributed by atoms with Crippen molar-refractivity contribution in [3.63, 3.8) is 0 Å². The van der Waals surface area contributed by atoms with E-state index < -0.39 is 17.0 Å². The van der Waals surface area contributed by atoms with E-state index in [1.165, 1.54) is 6.07 Å². The first kappa shape index (κ1) is 17.0. The van der Waals surface area contributed by atoms with Crippen LogP contribution in [0.3, 0.4) is 0 Å². The minimum atomic E-state index is -0.683. The lowest BCUT2D eigenvalue weighted by atomic mass is 10.1. The van der Waals surface area contributed by atoms with Crippen molar-refractivity contribution in [1.82, 2.24) is 5.32 Å². The Bertz CT molecular complexity index is 945. The zero-order valence-electron chi connectivity index (χ0n) is 13.0. The third-order valence-electron chi connectivity index (χ3n) is 3.75. The molecule has 1 amide bonds. The zero-order valence-corrected chi connectivity index (χ0v) is 14.7. The number of para-hydroxylation sites is 1. The summed E-state index contributed by atoms with van der Waals surface area (Å²) in [7, 11) is 0. The predicted octanol–water partition coefficient (Wildman–Crippen LogP) is 3.26. The van der Waals surface area contributed by atoms with Crippen molar-refractivity contribution in [2.24, 2.45) is 0 Å². The molecule has 1 N–H and O–H groups in total. The third-order valence-corrected chi connectivity index (χ3v) is 5.28. The highest BCUT2D eigenvalue weighted by Crippen LogP contribution is 2.40. The Kier molecular flexibility index (Phi) is 4.48. The van der Waals surface area contributed by atoms with Gasteiger partial charge in [0.1, 0.15) is 17.8 Å². The Hall–Kier alpha value is -2.83. The van der Waals surface area contributed by atoms with Crippen molar-refractivity contribution in [3.05, 3.63) is 67.6 Å². The van der Waals surface area contributed by atoms with Crippen LogP contribution in [0, 0.1) is 28.4 Å². The fourth-order valence-corrected chi connectivity index (χ4v) is 3.82. The number of aryl methyl sites for hydroxylation is 1. The van der Waals surface area contributed by atoms with Crippen LogP contribution < -0.4 is 10.2 Å². The van der Waals surface area contributed by atoms with Gasteiger partial charge in [0.15, 0.2) is 0 Å². The van der Waals surface area contributed by atoms with Gasteiger partial charge in [0.2, 0.25) is 0 Å². The molecule has 1 aliphatic heterocycles. The van der Waals surface area contributed by atoms with Gasteiger partial charge in [0.25, 0.3) is 5.91 Å². The fraction of sp³-hybridized carbons (Fsp3) is 0.125. The van der Waals surface area contributed by atoms with Gasteiger partial charge < -0.3 is 10.2 Å². The molecule has 0 saturated heterocycles. The Morgan fingerprint density at radius 1 is 1.36 bits per heavy atom. The van der Waals surface area contributed by atoms with E-state index in [1.54, 1.807) is 11.0 Å². The lowest BCUT2D eigenvalue weighted by Crippen LogP contribution is -2.45. The first-order valence-electron chi connectivity index (χ1n) is 7.17. The molecule has 2 heterocycles. The van der Waals surface area contributed by atoms with E-state index in [-0.39, 0.29) is 15.6 Å². The molecule has 0 fully saturated rings. The maximum absolute atomic E-state index is 12.2. The second-order valence-electron chi connectivity index (χ2n) is 5.28. The molecule has 3 rings (SSSR count). The van der Waals surface area contributed by atoms with E-state index in [2.05, 4.69) is 17.9 Å². The summed E-state index contributed by atoms with van der Waals surface area (Å²) >= 11 is 5.37. The molecule has 2 aromatic rings. The molecule has 126 valence electrons. The number of thiophene rings is 1. The van der Waals surface area contributed by atoms with Gasteiger partial charge in [-0.25, -0.2) is 0 Å². The summed E-state index contributed by atoms with van der Waals surface area (Å²) in [6, 6.07) is 12.3. The molecular formula is C16H12N4O3S2. The molecule has 25 heavy (non-hydrogen) atoms. The number of benzene rings is 1. The first-order valence-corrected chi connectivity index (χ1v) is 8.43. The standard InChI is InChI=1S/C16H12N4O3S2/c1-9-4-2-3-5-11(9)19-14(12-6-7-13(25-12)20(22)23)18-15(21)10(8-17)16(19)24/h2-7,14,24H,1H3,(H,18,21). The minimum Gasteiger partial charge on any atom is -0.326 e. The average molecular weight is 372 g/mol. The summed E-state index contributed by atoms with van der Waals surface area (Å²) in [5, 5.41) is 23.2. The molecule has 1 aromatic carbocycles. The molecular weight excluding hydrogens is 360 g/mol. The number of hydrogen-bond acceptors (Lipinski definition) is 7. The molecule has 0 bridgehead atoms. The van der Waals surface area contributed by atoms with E-state index >= 15 is 0 Å². The van der Waals surface area contributed by atoms with Crippen LogP contribution in [0.15, 0.2) is 47.0 Å². The van der Waals surface area contributed by atoms with Crippen LogP contribution in [0.2, 0.25) is 0 Å². The van der Waals surface area contributed by atoms with Crippen LogP contribution in [-0.2, 0) is 4.79 Å². The minimum absolute atomic E-state index is 0.0234. The van der Waals surface area contributed by atoms with E-state index in [9.17, 15) is 20.2 Å². The monoisotopic (exact) mass is 372 g/mol. The van der Waals surface area contributed by atoms with Crippen LogP contribution in [0.1, 0.15) is 16.6 Å². The number of thiol groups is 1. The van der Waals surface area contributed by atoms with E-state index in [0.717, 1.165) is 22.6 Å². The van der Waals surface area contributed by atoms with Crippen LogP contribution >= 0.6 is 24.0 Å². The third kappa shape index (κ3) is 2.97. The molecule has 1 aliphatic rings. The number of nitrogens with zero attached hydrogens (tertiary/aromatic N) is 3. The summed E-state index contributed by atoms with van der Waals surface area (Å²) in [4.78, 5) is 25.0.